The van der Waals surface area contributed by atoms with Crippen LogP contribution in [0.25, 0.3) is 144 Å². The van der Waals surface area contributed by atoms with E-state index in [0.29, 0.717) is 0 Å². The van der Waals surface area contributed by atoms with Gasteiger partial charge < -0.3 is 9.13 Å². The molecular formula is C78H52N2. The van der Waals surface area contributed by atoms with Gasteiger partial charge in [-0.2, -0.15) is 0 Å². The Labute approximate surface area is 466 Å². The van der Waals surface area contributed by atoms with E-state index in [0.717, 1.165) is 56.4 Å². The molecule has 15 rings (SSSR count). The highest BCUT2D eigenvalue weighted by atomic mass is 15.0. The summed E-state index contributed by atoms with van der Waals surface area (Å²) >= 11 is 0. The highest BCUT2D eigenvalue weighted by molar-refractivity contribution is 6.28. The van der Waals surface area contributed by atoms with Gasteiger partial charge in [-0.05, 0) is 158 Å². The molecule has 0 bridgehead atoms. The number of fused-ring (bicyclic) bond motifs is 4. The molecule has 0 radical (unpaired) electrons. The standard InChI is InChI=1S/C78H52N2/c1-7-23-53(24-8-1)65-43-39-55-27-19-21-37-63(55)75(65)77-67-45-41-62(80-73(59-33-15-5-16-34-59)49-50-74(80)60-35-17-6-18-36-60)52-70(67)78(76-64-38-22-20-28-56(64)40-44-66(76)54-25-9-2-10-26-54)68-46-42-61(51-69(68)77)79-71(57-29-11-3-12-30-57)47-48-72(79)58-31-13-4-14-32-58/h1-52H. The molecule has 2 heteroatoms. The maximum absolute atomic E-state index is 2.50. The van der Waals surface area contributed by atoms with Crippen molar-refractivity contribution in [1.29, 1.82) is 0 Å². The molecule has 0 fully saturated rings. The predicted octanol–water partition coefficient (Wildman–Crippen LogP) is 21.2. The zero-order valence-corrected chi connectivity index (χ0v) is 43.9. The minimum absolute atomic E-state index is 1.08. The van der Waals surface area contributed by atoms with Gasteiger partial charge >= 0.3 is 0 Å². The smallest absolute Gasteiger partial charge is 0.0535 e. The summed E-state index contributed by atoms with van der Waals surface area (Å²) in [5.74, 6) is 0. The van der Waals surface area contributed by atoms with E-state index in [1.165, 1.54) is 87.6 Å². The molecule has 0 saturated heterocycles. The minimum Gasteiger partial charge on any atom is -0.309 e. The van der Waals surface area contributed by atoms with Crippen molar-refractivity contribution in [3.63, 3.8) is 0 Å². The van der Waals surface area contributed by atoms with Crippen molar-refractivity contribution in [2.75, 3.05) is 0 Å². The molecule has 0 spiro atoms. The molecule has 374 valence electrons. The third kappa shape index (κ3) is 7.96. The van der Waals surface area contributed by atoms with Gasteiger partial charge in [0.05, 0.1) is 22.8 Å². The molecule has 0 aliphatic heterocycles. The molecule has 0 amide bonds. The number of benzene rings is 13. The van der Waals surface area contributed by atoms with Crippen LogP contribution >= 0.6 is 0 Å². The quantitative estimate of drug-likeness (QED) is 0.121. The van der Waals surface area contributed by atoms with Crippen LogP contribution in [0.15, 0.2) is 315 Å². The summed E-state index contributed by atoms with van der Waals surface area (Å²) in [5, 5.41) is 9.46. The average Bonchev–Trinajstić information content (AvgIpc) is 4.31. The van der Waals surface area contributed by atoms with Crippen LogP contribution < -0.4 is 0 Å². The molecule has 2 nitrogen and oxygen atoms in total. The fraction of sp³-hybridized carbons (Fsp3) is 0. The van der Waals surface area contributed by atoms with Gasteiger partial charge in [0.15, 0.2) is 0 Å². The van der Waals surface area contributed by atoms with Crippen molar-refractivity contribution < 1.29 is 0 Å². The summed E-state index contributed by atoms with van der Waals surface area (Å²) in [6.07, 6.45) is 0. The monoisotopic (exact) mass is 1020 g/mol. The van der Waals surface area contributed by atoms with Gasteiger partial charge in [-0.25, -0.2) is 0 Å². The van der Waals surface area contributed by atoms with Crippen molar-refractivity contribution in [3.8, 4) is 101 Å². The highest BCUT2D eigenvalue weighted by Gasteiger charge is 2.26. The van der Waals surface area contributed by atoms with Crippen molar-refractivity contribution in [2.45, 2.75) is 0 Å². The van der Waals surface area contributed by atoms with E-state index < -0.39 is 0 Å². The number of rotatable bonds is 10. The summed E-state index contributed by atoms with van der Waals surface area (Å²) in [6, 6.07) is 116. The molecule has 0 aliphatic rings. The number of aromatic nitrogens is 2. The van der Waals surface area contributed by atoms with E-state index >= 15 is 0 Å². The van der Waals surface area contributed by atoms with E-state index in [1.54, 1.807) is 0 Å². The lowest BCUT2D eigenvalue weighted by molar-refractivity contribution is 1.10. The van der Waals surface area contributed by atoms with E-state index in [4.69, 9.17) is 0 Å². The molecule has 80 heavy (non-hydrogen) atoms. The second kappa shape index (κ2) is 19.8. The minimum atomic E-state index is 1.08. The third-order valence-corrected chi connectivity index (χ3v) is 16.2. The summed E-state index contributed by atoms with van der Waals surface area (Å²) in [5.41, 5.74) is 20.8. The van der Waals surface area contributed by atoms with Crippen LogP contribution in [0, 0.1) is 0 Å². The first-order valence-corrected chi connectivity index (χ1v) is 27.6. The Kier molecular flexibility index (Phi) is 11.6. The highest BCUT2D eigenvalue weighted by Crippen LogP contribution is 2.53. The molecule has 15 aromatic rings. The third-order valence-electron chi connectivity index (χ3n) is 16.2. The first kappa shape index (κ1) is 46.7. The molecule has 13 aromatic carbocycles. The zero-order valence-electron chi connectivity index (χ0n) is 43.9. The van der Waals surface area contributed by atoms with Crippen LogP contribution in [0.3, 0.4) is 0 Å². The first-order chi connectivity index (χ1) is 39.7. The van der Waals surface area contributed by atoms with Gasteiger partial charge in [0.25, 0.3) is 0 Å². The van der Waals surface area contributed by atoms with Gasteiger partial charge in [0, 0.05) is 11.4 Å². The van der Waals surface area contributed by atoms with E-state index in [1.807, 2.05) is 0 Å². The molecule has 0 N–H and O–H groups in total. The predicted molar refractivity (Wildman–Crippen MR) is 339 cm³/mol. The summed E-state index contributed by atoms with van der Waals surface area (Å²) in [7, 11) is 0. The van der Waals surface area contributed by atoms with E-state index in [-0.39, 0.29) is 0 Å². The Bertz CT molecular complexity index is 4350. The van der Waals surface area contributed by atoms with Gasteiger partial charge in [-0.3, -0.25) is 0 Å². The number of hydrogen-bond acceptors (Lipinski definition) is 0. The number of nitrogens with zero attached hydrogens (tertiary/aromatic N) is 2. The Balaban J connectivity index is 1.16. The zero-order chi connectivity index (χ0) is 52.9. The van der Waals surface area contributed by atoms with Gasteiger partial charge in [-0.1, -0.05) is 267 Å². The molecule has 0 saturated carbocycles. The Hall–Kier alpha value is -10.5. The lowest BCUT2D eigenvalue weighted by Gasteiger charge is -2.25. The number of hydrogen-bond donors (Lipinski definition) is 0. The van der Waals surface area contributed by atoms with Crippen LogP contribution in [0.5, 0.6) is 0 Å². The van der Waals surface area contributed by atoms with Gasteiger partial charge in [-0.15, -0.1) is 0 Å². The molecule has 0 atom stereocenters. The second-order valence-corrected chi connectivity index (χ2v) is 20.7. The molecule has 2 heterocycles. The Morgan fingerprint density at radius 2 is 0.463 bits per heavy atom. The van der Waals surface area contributed by atoms with Crippen molar-refractivity contribution in [2.24, 2.45) is 0 Å². The normalized spacial score (nSPS) is 11.5. The maximum Gasteiger partial charge on any atom is 0.0535 e. The Morgan fingerprint density at radius 3 is 0.787 bits per heavy atom. The van der Waals surface area contributed by atoms with E-state index in [2.05, 4.69) is 325 Å². The summed E-state index contributed by atoms with van der Waals surface area (Å²) in [6.45, 7) is 0. The maximum atomic E-state index is 2.50. The van der Waals surface area contributed by atoms with Crippen LogP contribution in [0.1, 0.15) is 0 Å². The lowest BCUT2D eigenvalue weighted by atomic mass is 9.79. The van der Waals surface area contributed by atoms with Crippen molar-refractivity contribution >= 4 is 43.1 Å². The van der Waals surface area contributed by atoms with Crippen molar-refractivity contribution in [1.82, 2.24) is 9.13 Å². The van der Waals surface area contributed by atoms with Crippen LogP contribution in [0.2, 0.25) is 0 Å². The average molecular weight is 1020 g/mol. The summed E-state index contributed by atoms with van der Waals surface area (Å²) in [4.78, 5) is 0. The van der Waals surface area contributed by atoms with Gasteiger partial charge in [0.2, 0.25) is 0 Å². The van der Waals surface area contributed by atoms with E-state index in [9.17, 15) is 0 Å². The molecule has 0 unspecified atom stereocenters. The molecular weight excluding hydrogens is 965 g/mol. The first-order valence-electron chi connectivity index (χ1n) is 27.6. The molecule has 2 aromatic heterocycles. The van der Waals surface area contributed by atoms with Crippen LogP contribution in [-0.2, 0) is 0 Å². The van der Waals surface area contributed by atoms with Gasteiger partial charge in [0.1, 0.15) is 0 Å². The van der Waals surface area contributed by atoms with Crippen LogP contribution in [-0.4, -0.2) is 9.13 Å². The lowest BCUT2D eigenvalue weighted by Crippen LogP contribution is -2.02. The Morgan fingerprint density at radius 1 is 0.175 bits per heavy atom. The largest absolute Gasteiger partial charge is 0.309 e. The molecule has 0 aliphatic carbocycles. The summed E-state index contributed by atoms with van der Waals surface area (Å²) < 4.78 is 4.94. The fourth-order valence-corrected chi connectivity index (χ4v) is 12.6. The second-order valence-electron chi connectivity index (χ2n) is 20.7. The SMILES string of the molecule is c1ccc(-c2ccc3ccccc3c2-c2c3ccc(-n4c(-c5ccccc5)ccc4-c4ccccc4)cc3c(-c3c(-c4ccccc4)ccc4ccccc34)c3ccc(-n4c(-c5ccccc5)ccc4-c4ccccc4)cc23)cc1. The van der Waals surface area contributed by atoms with Crippen LogP contribution in [0.4, 0.5) is 0 Å². The topological polar surface area (TPSA) is 9.86 Å². The van der Waals surface area contributed by atoms with Crippen molar-refractivity contribution in [3.05, 3.63) is 315 Å². The fourth-order valence-electron chi connectivity index (χ4n) is 12.6.